The highest BCUT2D eigenvalue weighted by Crippen LogP contribution is 2.22. The van der Waals surface area contributed by atoms with Crippen LogP contribution in [0.15, 0.2) is 72.8 Å². The second kappa shape index (κ2) is 20.6. The fraction of sp³-hybridized carbons (Fsp3) is 0.500. The molecule has 0 heterocycles. The third-order valence-electron chi connectivity index (χ3n) is 9.93. The highest BCUT2D eigenvalue weighted by molar-refractivity contribution is 7.20. The van der Waals surface area contributed by atoms with Gasteiger partial charge < -0.3 is 39.2 Å². The molecule has 0 unspecified atom stereocenters. The Hall–Kier alpha value is -3.22. The van der Waals surface area contributed by atoms with Crippen LogP contribution in [0.3, 0.4) is 0 Å². The molecule has 0 radical (unpaired) electrons. The molecule has 4 aromatic rings. The zero-order valence-electron chi connectivity index (χ0n) is 38.7. The Balaban J connectivity index is 2.40. The van der Waals surface area contributed by atoms with Gasteiger partial charge in [0, 0.05) is 52.4 Å². The van der Waals surface area contributed by atoms with E-state index in [0.29, 0.717) is 0 Å². The third kappa shape index (κ3) is 13.4. The van der Waals surface area contributed by atoms with Crippen molar-refractivity contribution in [1.29, 1.82) is 0 Å². The van der Waals surface area contributed by atoms with Gasteiger partial charge in [0.05, 0.1) is 0 Å². The van der Waals surface area contributed by atoms with Crippen molar-refractivity contribution >= 4 is 28.8 Å². The van der Waals surface area contributed by atoms with Crippen LogP contribution in [0.5, 0.6) is 0 Å². The quantitative estimate of drug-likeness (QED) is 0.0992. The van der Waals surface area contributed by atoms with E-state index in [1.807, 2.05) is 0 Å². The summed E-state index contributed by atoms with van der Waals surface area (Å²) >= 11 is 0. The molecule has 0 aliphatic carbocycles. The summed E-state index contributed by atoms with van der Waals surface area (Å²) in [5.74, 6) is 0. The van der Waals surface area contributed by atoms with Gasteiger partial charge in [0.2, 0.25) is 0 Å². The van der Waals surface area contributed by atoms with Crippen molar-refractivity contribution in [2.45, 2.75) is 52.4 Å². The van der Waals surface area contributed by atoms with Crippen molar-refractivity contribution in [3.63, 3.8) is 0 Å². The zero-order valence-corrected chi connectivity index (χ0v) is 39.7. The average Bonchev–Trinajstić information content (AvgIpc) is 3.02. The second-order valence-electron chi connectivity index (χ2n) is 18.8. The summed E-state index contributed by atoms with van der Waals surface area (Å²) in [6, 6.07) is 30.5. The molecule has 0 spiro atoms. The van der Waals surface area contributed by atoms with Crippen molar-refractivity contribution in [2.24, 2.45) is 0 Å². The lowest BCUT2D eigenvalue weighted by Gasteiger charge is -2.38. The Morgan fingerprint density at radius 2 is 0.351 bits per heavy atom. The molecule has 0 saturated carbocycles. The fourth-order valence-corrected chi connectivity index (χ4v) is 13.8. The van der Waals surface area contributed by atoms with E-state index in [1.165, 1.54) is 65.3 Å². The van der Waals surface area contributed by atoms with Crippen LogP contribution in [0, 0.1) is 0 Å². The molecule has 0 amide bonds. The molecule has 0 saturated heterocycles. The first kappa shape index (κ1) is 46.5. The summed E-state index contributed by atoms with van der Waals surface area (Å²) in [4.78, 5) is 18.5. The van der Waals surface area contributed by atoms with Crippen LogP contribution in [0.1, 0.15) is 44.5 Å². The van der Waals surface area contributed by atoms with Crippen LogP contribution in [-0.4, -0.2) is 160 Å². The lowest BCUT2D eigenvalue weighted by molar-refractivity contribution is 0.396. The number of benzene rings is 4. The van der Waals surface area contributed by atoms with Gasteiger partial charge in [-0.3, -0.25) is 0 Å². The maximum absolute atomic E-state index is 3.11. The molecule has 9 heteroatoms. The first-order chi connectivity index (χ1) is 26.7. The van der Waals surface area contributed by atoms with Crippen LogP contribution in [0.4, 0.5) is 0 Å². The second-order valence-corrected chi connectivity index (χ2v) is 22.6. The van der Waals surface area contributed by atoms with Gasteiger partial charge in [0.15, 0.2) is 8.07 Å². The van der Waals surface area contributed by atoms with Crippen molar-refractivity contribution in [3.05, 3.63) is 117 Å². The predicted octanol–water partition coefficient (Wildman–Crippen LogP) is 3.56. The molecule has 0 fully saturated rings. The Bertz CT molecular complexity index is 1510. The maximum Gasteiger partial charge on any atom is 0.179 e. The Morgan fingerprint density at radius 3 is 0.456 bits per heavy atom. The third-order valence-corrected chi connectivity index (χ3v) is 14.6. The summed E-state index contributed by atoms with van der Waals surface area (Å²) in [5, 5.41) is 5.80. The molecule has 0 bridgehead atoms. The van der Waals surface area contributed by atoms with E-state index >= 15 is 0 Å². The molecule has 4 rings (SSSR count). The average molecular weight is 793 g/mol. The number of nitrogens with zero attached hydrogens (tertiary/aromatic N) is 8. The molecule has 0 aliphatic rings. The smallest absolute Gasteiger partial charge is 0.179 e. The Kier molecular flexibility index (Phi) is 16.8. The van der Waals surface area contributed by atoms with E-state index in [9.17, 15) is 0 Å². The van der Waals surface area contributed by atoms with E-state index in [2.05, 4.69) is 225 Å². The molecule has 0 N–H and O–H groups in total. The lowest BCUT2D eigenvalue weighted by Crippen LogP contribution is -2.75. The van der Waals surface area contributed by atoms with E-state index < -0.39 is 8.07 Å². The number of rotatable bonds is 20. The summed E-state index contributed by atoms with van der Waals surface area (Å²) in [5.41, 5.74) is 10.9. The zero-order chi connectivity index (χ0) is 42.2. The molecule has 4 aromatic carbocycles. The topological polar surface area (TPSA) is 25.9 Å². The van der Waals surface area contributed by atoms with E-state index in [0.717, 1.165) is 52.4 Å². The van der Waals surface area contributed by atoms with Crippen LogP contribution >= 0.6 is 0 Å². The number of hydrogen-bond acceptors (Lipinski definition) is 8. The van der Waals surface area contributed by atoms with E-state index in [4.69, 9.17) is 0 Å². The molecular formula is C48H76N8Si. The predicted molar refractivity (Wildman–Crippen MR) is 249 cm³/mol. The SMILES string of the molecule is CN(C)Cc1cc(CN(C)C)cc([Si](c2cc(CN(C)C)cc(CN(C)C)c2)(c2cc(CN(C)C)cc(CN(C)C)c2)c2cc(CN(C)C)cc(CN(C)C)c2)c1. The van der Waals surface area contributed by atoms with Crippen LogP contribution < -0.4 is 20.7 Å². The van der Waals surface area contributed by atoms with Crippen LogP contribution in [0.25, 0.3) is 0 Å². The first-order valence-corrected chi connectivity index (χ1v) is 22.4. The Morgan fingerprint density at radius 1 is 0.228 bits per heavy atom. The van der Waals surface area contributed by atoms with Gasteiger partial charge >= 0.3 is 0 Å². The first-order valence-electron chi connectivity index (χ1n) is 20.4. The van der Waals surface area contributed by atoms with Gasteiger partial charge in [-0.2, -0.15) is 0 Å². The Labute approximate surface area is 349 Å². The summed E-state index contributed by atoms with van der Waals surface area (Å²) in [6.45, 7) is 7.03. The van der Waals surface area contributed by atoms with Crippen molar-refractivity contribution in [3.8, 4) is 0 Å². The highest BCUT2D eigenvalue weighted by Gasteiger charge is 2.43. The molecule has 0 aromatic heterocycles. The lowest BCUT2D eigenvalue weighted by atomic mass is 10.1. The van der Waals surface area contributed by atoms with Crippen LogP contribution in [-0.2, 0) is 52.4 Å². The summed E-state index contributed by atoms with van der Waals surface area (Å²) < 4.78 is 0. The summed E-state index contributed by atoms with van der Waals surface area (Å²) in [7, 11) is 32.0. The molecule has 0 aliphatic heterocycles. The van der Waals surface area contributed by atoms with Crippen molar-refractivity contribution < 1.29 is 0 Å². The fourth-order valence-electron chi connectivity index (χ4n) is 8.57. The van der Waals surface area contributed by atoms with E-state index in [-0.39, 0.29) is 0 Å². The van der Waals surface area contributed by atoms with Crippen molar-refractivity contribution in [2.75, 3.05) is 113 Å². The van der Waals surface area contributed by atoms with Gasteiger partial charge in [-0.15, -0.1) is 0 Å². The standard InChI is InChI=1S/C48H76N8Si/c1-49(2)29-37-17-38(30-50(3)4)22-45(21-37)57(46-23-39(31-51(5)6)18-40(24-46)32-52(7)8,47-25-41(33-53(9)10)19-42(26-47)34-54(11)12)48-27-43(35-55(13)14)20-44(28-48)36-56(15)16/h17-28H,29-36H2,1-16H3. The monoisotopic (exact) mass is 793 g/mol. The molecular weight excluding hydrogens is 717 g/mol. The largest absolute Gasteiger partial charge is 0.305 e. The molecule has 57 heavy (non-hydrogen) atoms. The maximum atomic E-state index is 2.59. The van der Waals surface area contributed by atoms with Gasteiger partial charge in [0.1, 0.15) is 0 Å². The number of hydrogen-bond donors (Lipinski definition) is 0. The molecule has 0 atom stereocenters. The van der Waals surface area contributed by atoms with E-state index in [1.54, 1.807) is 0 Å². The minimum absolute atomic E-state index is 0.879. The van der Waals surface area contributed by atoms with Gasteiger partial charge in [-0.1, -0.05) is 72.8 Å². The van der Waals surface area contributed by atoms with Gasteiger partial charge in [-0.25, -0.2) is 0 Å². The van der Waals surface area contributed by atoms with Gasteiger partial charge in [-0.05, 0) is 178 Å². The minimum atomic E-state index is -3.11. The normalized spacial score (nSPS) is 12.6. The highest BCUT2D eigenvalue weighted by atomic mass is 28.3. The summed E-state index contributed by atoms with van der Waals surface area (Å²) in [6.07, 6.45) is 0. The minimum Gasteiger partial charge on any atom is -0.305 e. The van der Waals surface area contributed by atoms with Gasteiger partial charge in [0.25, 0.3) is 0 Å². The van der Waals surface area contributed by atoms with Crippen molar-refractivity contribution in [1.82, 2.24) is 39.2 Å². The van der Waals surface area contributed by atoms with Crippen LogP contribution in [0.2, 0.25) is 0 Å². The molecule has 8 nitrogen and oxygen atoms in total. The molecule has 312 valence electrons.